The number of nitrogens with zero attached hydrogens (tertiary/aromatic N) is 3. The third kappa shape index (κ3) is 6.86. The van der Waals surface area contributed by atoms with Crippen LogP contribution in [0.4, 0.5) is 15.9 Å². The van der Waals surface area contributed by atoms with E-state index in [9.17, 15) is 14.0 Å². The quantitative estimate of drug-likeness (QED) is 0.360. The van der Waals surface area contributed by atoms with Crippen LogP contribution in [-0.2, 0) is 4.79 Å². The number of hydrogen-bond donors (Lipinski definition) is 3. The molecule has 2 aromatic heterocycles. The summed E-state index contributed by atoms with van der Waals surface area (Å²) in [5.74, 6) is -0.399. The number of halogens is 2. The zero-order valence-corrected chi connectivity index (χ0v) is 20.3. The molecule has 0 aliphatic rings. The molecule has 2 amide bonds. The second kappa shape index (κ2) is 12.1. The predicted molar refractivity (Wildman–Crippen MR) is 131 cm³/mol. The summed E-state index contributed by atoms with van der Waals surface area (Å²) in [6, 6.07) is 5.71. The lowest BCUT2D eigenvalue weighted by Crippen LogP contribution is -2.32. The summed E-state index contributed by atoms with van der Waals surface area (Å²) >= 11 is 6.01. The van der Waals surface area contributed by atoms with Crippen LogP contribution in [0, 0.1) is 11.7 Å². The number of ether oxygens (including phenoxy) is 1. The molecular formula is C24H26ClFN6O3. The van der Waals surface area contributed by atoms with Gasteiger partial charge in [-0.05, 0) is 30.7 Å². The van der Waals surface area contributed by atoms with E-state index >= 15 is 0 Å². The number of pyridine rings is 1. The first-order valence-electron chi connectivity index (χ1n) is 10.9. The first-order valence-corrected chi connectivity index (χ1v) is 11.3. The number of benzene rings is 1. The van der Waals surface area contributed by atoms with Crippen molar-refractivity contribution in [3.8, 4) is 17.1 Å². The molecule has 0 fully saturated rings. The van der Waals surface area contributed by atoms with Crippen molar-refractivity contribution in [2.24, 2.45) is 5.92 Å². The first kappa shape index (κ1) is 25.8. The highest BCUT2D eigenvalue weighted by Gasteiger charge is 2.17. The number of carbonyl (C=O) groups is 2. The highest BCUT2D eigenvalue weighted by molar-refractivity contribution is 6.30. The Morgan fingerprint density at radius 2 is 1.91 bits per heavy atom. The smallest absolute Gasteiger partial charge is 0.254 e. The van der Waals surface area contributed by atoms with Crippen LogP contribution in [0.1, 0.15) is 30.6 Å². The molecule has 1 aromatic carbocycles. The van der Waals surface area contributed by atoms with E-state index in [0.717, 1.165) is 0 Å². The van der Waals surface area contributed by atoms with Crippen molar-refractivity contribution < 1.29 is 18.7 Å². The molecule has 3 N–H and O–H groups in total. The average molecular weight is 501 g/mol. The van der Waals surface area contributed by atoms with Crippen molar-refractivity contribution in [2.45, 2.75) is 20.3 Å². The molecule has 2 heterocycles. The fraction of sp³-hybridized carbons (Fsp3) is 0.292. The van der Waals surface area contributed by atoms with Gasteiger partial charge in [0, 0.05) is 36.4 Å². The van der Waals surface area contributed by atoms with Gasteiger partial charge in [0.15, 0.2) is 17.4 Å². The number of hydrogen-bond acceptors (Lipinski definition) is 7. The first-order chi connectivity index (χ1) is 16.8. The minimum Gasteiger partial charge on any atom is -0.491 e. The van der Waals surface area contributed by atoms with E-state index in [1.54, 1.807) is 6.07 Å². The van der Waals surface area contributed by atoms with Gasteiger partial charge in [-0.2, -0.15) is 0 Å². The maximum atomic E-state index is 14.3. The zero-order chi connectivity index (χ0) is 25.4. The van der Waals surface area contributed by atoms with Crippen LogP contribution >= 0.6 is 11.6 Å². The lowest BCUT2D eigenvalue weighted by atomic mass is 10.2. The Labute approximate surface area is 207 Å². The molecule has 0 atom stereocenters. The van der Waals surface area contributed by atoms with Crippen molar-refractivity contribution in [2.75, 3.05) is 25.5 Å². The van der Waals surface area contributed by atoms with Gasteiger partial charge in [0.1, 0.15) is 5.82 Å². The molecule has 0 saturated heterocycles. The van der Waals surface area contributed by atoms with Gasteiger partial charge in [0.25, 0.3) is 5.91 Å². The van der Waals surface area contributed by atoms with Crippen LogP contribution in [0.25, 0.3) is 11.4 Å². The van der Waals surface area contributed by atoms with Crippen molar-refractivity contribution in [3.05, 3.63) is 59.3 Å². The summed E-state index contributed by atoms with van der Waals surface area (Å²) in [6.45, 7) is 4.45. The zero-order valence-electron chi connectivity index (χ0n) is 19.6. The third-order valence-corrected chi connectivity index (χ3v) is 5.16. The van der Waals surface area contributed by atoms with Gasteiger partial charge in [0.05, 0.1) is 30.1 Å². The summed E-state index contributed by atoms with van der Waals surface area (Å²) in [5, 5.41) is 9.01. The maximum absolute atomic E-state index is 14.3. The van der Waals surface area contributed by atoms with E-state index in [4.69, 9.17) is 16.3 Å². The summed E-state index contributed by atoms with van der Waals surface area (Å²) < 4.78 is 19.7. The van der Waals surface area contributed by atoms with Crippen molar-refractivity contribution in [3.63, 3.8) is 0 Å². The normalized spacial score (nSPS) is 10.7. The lowest BCUT2D eigenvalue weighted by molar-refractivity contribution is -0.123. The molecule has 0 spiro atoms. The standard InChI is InChI=1S/C24H26ClFN6O3/c1-14(2)23(33)28-8-4-9-29-24(34)17-12-27-10-7-19(17)31-22-20(35-3)13-30-21(32-22)16-11-15(25)5-6-18(16)26/h5-7,10-14H,4,8-9H2,1-3H3,(H,28,33)(H,29,34)(H,27,30,31,32). The van der Waals surface area contributed by atoms with Crippen molar-refractivity contribution in [1.82, 2.24) is 25.6 Å². The molecule has 9 nitrogen and oxygen atoms in total. The van der Waals surface area contributed by atoms with Gasteiger partial charge in [-0.3, -0.25) is 14.6 Å². The molecule has 0 saturated carbocycles. The molecule has 11 heteroatoms. The Morgan fingerprint density at radius 3 is 2.66 bits per heavy atom. The highest BCUT2D eigenvalue weighted by atomic mass is 35.5. The van der Waals surface area contributed by atoms with Gasteiger partial charge in [0.2, 0.25) is 5.91 Å². The minimum absolute atomic E-state index is 0.0362. The molecule has 0 radical (unpaired) electrons. The fourth-order valence-electron chi connectivity index (χ4n) is 3.02. The number of aromatic nitrogens is 3. The van der Waals surface area contributed by atoms with Gasteiger partial charge in [-0.1, -0.05) is 25.4 Å². The molecule has 0 unspecified atom stereocenters. The second-order valence-electron chi connectivity index (χ2n) is 7.84. The topological polar surface area (TPSA) is 118 Å². The van der Waals surface area contributed by atoms with Crippen LogP contribution in [0.3, 0.4) is 0 Å². The van der Waals surface area contributed by atoms with Crippen LogP contribution in [0.5, 0.6) is 5.75 Å². The number of rotatable bonds is 10. The maximum Gasteiger partial charge on any atom is 0.254 e. The average Bonchev–Trinajstić information content (AvgIpc) is 2.85. The number of methoxy groups -OCH3 is 1. The Hall–Kier alpha value is -3.79. The Balaban J connectivity index is 1.76. The van der Waals surface area contributed by atoms with Gasteiger partial charge < -0.3 is 20.7 Å². The number of amides is 2. The van der Waals surface area contributed by atoms with Crippen molar-refractivity contribution in [1.29, 1.82) is 0 Å². The van der Waals surface area contributed by atoms with Gasteiger partial charge in [-0.15, -0.1) is 0 Å². The van der Waals surface area contributed by atoms with Gasteiger partial charge in [-0.25, -0.2) is 14.4 Å². The molecule has 0 bridgehead atoms. The molecular weight excluding hydrogens is 475 g/mol. The van der Waals surface area contributed by atoms with Crippen LogP contribution in [0.2, 0.25) is 5.02 Å². The third-order valence-electron chi connectivity index (χ3n) is 4.93. The molecule has 0 aliphatic carbocycles. The largest absolute Gasteiger partial charge is 0.491 e. The Bertz CT molecular complexity index is 1210. The van der Waals surface area contributed by atoms with Crippen molar-refractivity contribution >= 4 is 34.9 Å². The van der Waals surface area contributed by atoms with Crippen LogP contribution in [-0.4, -0.2) is 47.0 Å². The summed E-state index contributed by atoms with van der Waals surface area (Å²) in [4.78, 5) is 37.0. The summed E-state index contributed by atoms with van der Waals surface area (Å²) in [5.41, 5.74) is 0.815. The summed E-state index contributed by atoms with van der Waals surface area (Å²) in [7, 11) is 1.45. The number of carbonyl (C=O) groups excluding carboxylic acids is 2. The van der Waals surface area contributed by atoms with E-state index in [0.29, 0.717) is 36.0 Å². The number of anilines is 2. The highest BCUT2D eigenvalue weighted by Crippen LogP contribution is 2.30. The Morgan fingerprint density at radius 1 is 1.14 bits per heavy atom. The van der Waals surface area contributed by atoms with E-state index in [1.807, 2.05) is 13.8 Å². The van der Waals surface area contributed by atoms with Gasteiger partial charge >= 0.3 is 0 Å². The molecule has 3 aromatic rings. The molecule has 35 heavy (non-hydrogen) atoms. The summed E-state index contributed by atoms with van der Waals surface area (Å²) in [6.07, 6.45) is 4.91. The van der Waals surface area contributed by atoms with E-state index in [-0.39, 0.29) is 40.5 Å². The van der Waals surface area contributed by atoms with Crippen LogP contribution in [0.15, 0.2) is 42.9 Å². The van der Waals surface area contributed by atoms with Crippen LogP contribution < -0.4 is 20.7 Å². The lowest BCUT2D eigenvalue weighted by Gasteiger charge is -2.14. The SMILES string of the molecule is COc1cnc(-c2cc(Cl)ccc2F)nc1Nc1ccncc1C(=O)NCCCNC(=O)C(C)C. The molecule has 184 valence electrons. The Kier molecular flexibility index (Phi) is 8.91. The minimum atomic E-state index is -0.529. The van der Waals surface area contributed by atoms with E-state index in [1.165, 1.54) is 43.9 Å². The molecule has 3 rings (SSSR count). The fourth-order valence-corrected chi connectivity index (χ4v) is 3.19. The monoisotopic (exact) mass is 500 g/mol. The van der Waals surface area contributed by atoms with E-state index in [2.05, 4.69) is 30.9 Å². The predicted octanol–water partition coefficient (Wildman–Crippen LogP) is 3.98. The molecule has 0 aliphatic heterocycles. The number of nitrogens with one attached hydrogen (secondary N) is 3. The second-order valence-corrected chi connectivity index (χ2v) is 8.27. The van der Waals surface area contributed by atoms with E-state index < -0.39 is 5.82 Å².